The molecule has 0 aliphatic carbocycles. The number of ether oxygens (including phenoxy) is 2. The molecule has 0 atom stereocenters. The van der Waals surface area contributed by atoms with Crippen LogP contribution in [0.1, 0.15) is 18.1 Å². The molecule has 0 spiro atoms. The van der Waals surface area contributed by atoms with Crippen molar-refractivity contribution in [3.63, 3.8) is 0 Å². The van der Waals surface area contributed by atoms with Crippen LogP contribution in [-0.2, 0) is 11.4 Å². The van der Waals surface area contributed by atoms with E-state index in [0.717, 1.165) is 20.2 Å². The first-order valence-electron chi connectivity index (χ1n) is 8.84. The van der Waals surface area contributed by atoms with Crippen molar-refractivity contribution in [3.8, 4) is 11.5 Å². The van der Waals surface area contributed by atoms with Crippen LogP contribution in [0.2, 0.25) is 0 Å². The van der Waals surface area contributed by atoms with Gasteiger partial charge in [-0.3, -0.25) is 24.6 Å². The van der Waals surface area contributed by atoms with Gasteiger partial charge in [-0.15, -0.1) is 0 Å². The van der Waals surface area contributed by atoms with Gasteiger partial charge in [-0.05, 0) is 70.6 Å². The molecule has 2 aromatic rings. The molecule has 0 bridgehead atoms. The Bertz CT molecular complexity index is 1060. The van der Waals surface area contributed by atoms with Crippen LogP contribution in [0.3, 0.4) is 0 Å². The lowest BCUT2D eigenvalue weighted by Gasteiger charge is -2.15. The Morgan fingerprint density at radius 3 is 2.63 bits per heavy atom. The van der Waals surface area contributed by atoms with E-state index < -0.39 is 4.92 Å². The van der Waals surface area contributed by atoms with Crippen LogP contribution in [0.4, 0.5) is 10.5 Å². The highest BCUT2D eigenvalue weighted by Gasteiger charge is 2.31. The smallest absolute Gasteiger partial charge is 0.293 e. The summed E-state index contributed by atoms with van der Waals surface area (Å²) in [5.41, 5.74) is 1.35. The van der Waals surface area contributed by atoms with Crippen LogP contribution < -0.4 is 9.47 Å². The van der Waals surface area contributed by atoms with E-state index in [-0.39, 0.29) is 23.4 Å². The van der Waals surface area contributed by atoms with Crippen LogP contribution in [-0.4, -0.2) is 34.6 Å². The normalized spacial score (nSPS) is 15.0. The predicted octanol–water partition coefficient (Wildman–Crippen LogP) is 4.84. The number of non-ortho nitro benzene ring substituents is 1. The van der Waals surface area contributed by atoms with Crippen LogP contribution in [0, 0.1) is 13.7 Å². The lowest BCUT2D eigenvalue weighted by Crippen LogP contribution is -2.22. The lowest BCUT2D eigenvalue weighted by molar-refractivity contribution is -0.384. The summed E-state index contributed by atoms with van der Waals surface area (Å²) in [5, 5.41) is 10.6. The molecule has 1 saturated heterocycles. The number of halogens is 1. The third kappa shape index (κ3) is 4.93. The van der Waals surface area contributed by atoms with Crippen molar-refractivity contribution in [2.24, 2.45) is 0 Å². The number of carbonyl (C=O) groups is 2. The number of nitro groups is 1. The molecule has 8 nitrogen and oxygen atoms in total. The zero-order valence-corrected chi connectivity index (χ0v) is 19.1. The molecule has 1 aliphatic rings. The number of amides is 2. The van der Waals surface area contributed by atoms with Crippen molar-refractivity contribution >= 4 is 57.3 Å². The molecule has 2 aromatic carbocycles. The number of likely N-dealkylation sites (N-methyl/N-ethyl adjacent to an activating group) is 1. The number of hydrogen-bond donors (Lipinski definition) is 0. The van der Waals surface area contributed by atoms with E-state index in [1.165, 1.54) is 19.2 Å². The highest BCUT2D eigenvalue weighted by molar-refractivity contribution is 14.1. The van der Waals surface area contributed by atoms with Crippen molar-refractivity contribution < 1.29 is 24.0 Å². The summed E-state index contributed by atoms with van der Waals surface area (Å²) < 4.78 is 12.4. The van der Waals surface area contributed by atoms with Crippen molar-refractivity contribution in [1.29, 1.82) is 0 Å². The Balaban J connectivity index is 1.87. The van der Waals surface area contributed by atoms with E-state index >= 15 is 0 Å². The van der Waals surface area contributed by atoms with E-state index in [4.69, 9.17) is 9.47 Å². The van der Waals surface area contributed by atoms with E-state index in [2.05, 4.69) is 22.6 Å². The minimum Gasteiger partial charge on any atom is -0.490 e. The standard InChI is InChI=1S/C20H17IN2O6S/c1-3-28-16-9-13(10-17-19(24)22(2)20(25)30-17)8-15(21)18(16)29-11-12-5-4-6-14(7-12)23(26)27/h4-10H,3,11H2,1-2H3/b17-10-. The first-order chi connectivity index (χ1) is 14.3. The minimum absolute atomic E-state index is 0.00366. The summed E-state index contributed by atoms with van der Waals surface area (Å²) in [7, 11) is 1.44. The average molecular weight is 540 g/mol. The molecule has 0 N–H and O–H groups in total. The Morgan fingerprint density at radius 2 is 2.00 bits per heavy atom. The van der Waals surface area contributed by atoms with Gasteiger partial charge in [0.1, 0.15) is 6.61 Å². The van der Waals surface area contributed by atoms with Gasteiger partial charge in [0.25, 0.3) is 16.8 Å². The second kappa shape index (κ2) is 9.47. The maximum atomic E-state index is 12.1. The third-order valence-corrected chi connectivity index (χ3v) is 5.88. The molecule has 30 heavy (non-hydrogen) atoms. The summed E-state index contributed by atoms with van der Waals surface area (Å²) in [6.07, 6.45) is 1.64. The molecular formula is C20H17IN2O6S. The largest absolute Gasteiger partial charge is 0.490 e. The zero-order valence-electron chi connectivity index (χ0n) is 16.1. The Morgan fingerprint density at radius 1 is 1.23 bits per heavy atom. The maximum absolute atomic E-state index is 12.1. The molecule has 1 heterocycles. The zero-order chi connectivity index (χ0) is 21.8. The molecule has 10 heteroatoms. The van der Waals surface area contributed by atoms with Crippen molar-refractivity contribution in [1.82, 2.24) is 4.90 Å². The maximum Gasteiger partial charge on any atom is 0.293 e. The molecule has 2 amide bonds. The highest BCUT2D eigenvalue weighted by Crippen LogP contribution is 2.37. The van der Waals surface area contributed by atoms with Gasteiger partial charge in [0.15, 0.2) is 11.5 Å². The van der Waals surface area contributed by atoms with E-state index in [1.807, 2.05) is 13.0 Å². The van der Waals surface area contributed by atoms with Gasteiger partial charge >= 0.3 is 0 Å². The minimum atomic E-state index is -0.453. The fourth-order valence-electron chi connectivity index (χ4n) is 2.69. The molecule has 0 unspecified atom stereocenters. The molecule has 3 rings (SSSR count). The number of thioether (sulfide) groups is 1. The fourth-order valence-corrected chi connectivity index (χ4v) is 4.29. The molecule has 0 saturated carbocycles. The molecule has 1 fully saturated rings. The molecule has 156 valence electrons. The van der Waals surface area contributed by atoms with Crippen LogP contribution in [0.15, 0.2) is 41.3 Å². The first kappa shape index (κ1) is 22.1. The number of rotatable bonds is 7. The second-order valence-corrected chi connectivity index (χ2v) is 8.37. The number of imide groups is 1. The van der Waals surface area contributed by atoms with Crippen molar-refractivity contribution in [2.75, 3.05) is 13.7 Å². The van der Waals surface area contributed by atoms with Crippen LogP contribution in [0.25, 0.3) is 6.08 Å². The van der Waals surface area contributed by atoms with E-state index in [0.29, 0.717) is 34.1 Å². The van der Waals surface area contributed by atoms with E-state index in [9.17, 15) is 19.7 Å². The SMILES string of the molecule is CCOc1cc(/C=C2\SC(=O)N(C)C2=O)cc(I)c1OCc1cccc([N+](=O)[O-])c1. The van der Waals surface area contributed by atoms with Crippen molar-refractivity contribution in [3.05, 3.63) is 66.1 Å². The summed E-state index contributed by atoms with van der Waals surface area (Å²) >= 11 is 2.99. The number of hydrogen-bond acceptors (Lipinski definition) is 7. The summed E-state index contributed by atoms with van der Waals surface area (Å²) in [6.45, 7) is 2.37. The Hall–Kier alpha value is -2.60. The number of nitro benzene ring substituents is 1. The number of carbonyl (C=O) groups excluding carboxylic acids is 2. The molecule has 1 aliphatic heterocycles. The highest BCUT2D eigenvalue weighted by atomic mass is 127. The number of nitrogens with zero attached hydrogens (tertiary/aromatic N) is 2. The van der Waals surface area contributed by atoms with E-state index in [1.54, 1.807) is 24.3 Å². The Kier molecular flexibility index (Phi) is 6.98. The van der Waals surface area contributed by atoms with Gasteiger partial charge in [-0.1, -0.05) is 12.1 Å². The van der Waals surface area contributed by atoms with Crippen LogP contribution >= 0.6 is 34.4 Å². The van der Waals surface area contributed by atoms with Gasteiger partial charge in [0.2, 0.25) is 0 Å². The third-order valence-electron chi connectivity index (χ3n) is 4.12. The topological polar surface area (TPSA) is 99.0 Å². The molecular weight excluding hydrogens is 523 g/mol. The second-order valence-electron chi connectivity index (χ2n) is 6.22. The van der Waals surface area contributed by atoms with Gasteiger partial charge < -0.3 is 9.47 Å². The molecule has 0 aromatic heterocycles. The Labute approximate surface area is 190 Å². The summed E-state index contributed by atoms with van der Waals surface area (Å²) in [5.74, 6) is 0.644. The number of benzene rings is 2. The molecule has 0 radical (unpaired) electrons. The quantitative estimate of drug-likeness (QED) is 0.215. The van der Waals surface area contributed by atoms with Gasteiger partial charge in [-0.2, -0.15) is 0 Å². The van der Waals surface area contributed by atoms with Gasteiger partial charge in [-0.25, -0.2) is 0 Å². The first-order valence-corrected chi connectivity index (χ1v) is 10.7. The van der Waals surface area contributed by atoms with Gasteiger partial charge in [0.05, 0.1) is 20.0 Å². The predicted molar refractivity (Wildman–Crippen MR) is 121 cm³/mol. The summed E-state index contributed by atoms with van der Waals surface area (Å²) in [4.78, 5) is 35.7. The summed E-state index contributed by atoms with van der Waals surface area (Å²) in [6, 6.07) is 9.78. The fraction of sp³-hybridized carbons (Fsp3) is 0.200. The monoisotopic (exact) mass is 540 g/mol. The average Bonchev–Trinajstić information content (AvgIpc) is 2.94. The van der Waals surface area contributed by atoms with Crippen molar-refractivity contribution in [2.45, 2.75) is 13.5 Å². The lowest BCUT2D eigenvalue weighted by atomic mass is 10.1. The van der Waals surface area contributed by atoms with Gasteiger partial charge in [0, 0.05) is 19.2 Å². The van der Waals surface area contributed by atoms with Crippen LogP contribution in [0.5, 0.6) is 11.5 Å².